The molecule has 0 heterocycles. The van der Waals surface area contributed by atoms with Crippen LogP contribution in [-0.2, 0) is 4.79 Å². The minimum absolute atomic E-state index is 0.192. The summed E-state index contributed by atoms with van der Waals surface area (Å²) in [6.45, 7) is 7.65. The summed E-state index contributed by atoms with van der Waals surface area (Å²) >= 11 is 0. The largest absolute Gasteiger partial charge is 0.480 e. The molecule has 0 aliphatic carbocycles. The summed E-state index contributed by atoms with van der Waals surface area (Å²) in [5.41, 5.74) is 2.65. The van der Waals surface area contributed by atoms with Crippen molar-refractivity contribution >= 4 is 17.7 Å². The van der Waals surface area contributed by atoms with Gasteiger partial charge >= 0.3 is 12.0 Å². The van der Waals surface area contributed by atoms with E-state index in [0.717, 1.165) is 11.1 Å². The molecule has 0 aliphatic heterocycles. The lowest BCUT2D eigenvalue weighted by molar-refractivity contribution is -0.139. The fourth-order valence-corrected chi connectivity index (χ4v) is 1.88. The second kappa shape index (κ2) is 6.93. The first kappa shape index (κ1) is 16.0. The van der Waals surface area contributed by atoms with Gasteiger partial charge in [0.05, 0.1) is 0 Å². The zero-order valence-electron chi connectivity index (χ0n) is 12.4. The number of aliphatic carboxylic acids is 1. The number of carboxylic acids is 1. The molecule has 5 heteroatoms. The first-order valence-electron chi connectivity index (χ1n) is 6.67. The van der Waals surface area contributed by atoms with E-state index in [-0.39, 0.29) is 5.92 Å². The number of nitrogens with one attached hydrogen (secondary N) is 2. The topological polar surface area (TPSA) is 78.4 Å². The summed E-state index contributed by atoms with van der Waals surface area (Å²) < 4.78 is 0. The number of aryl methyl sites for hydroxylation is 2. The summed E-state index contributed by atoms with van der Waals surface area (Å²) in [7, 11) is 0. The maximum Gasteiger partial charge on any atom is 0.326 e. The van der Waals surface area contributed by atoms with Gasteiger partial charge in [-0.15, -0.1) is 0 Å². The number of hydrogen-bond donors (Lipinski definition) is 3. The molecule has 1 aromatic carbocycles. The van der Waals surface area contributed by atoms with E-state index < -0.39 is 18.0 Å². The molecule has 1 aromatic rings. The van der Waals surface area contributed by atoms with E-state index in [1.165, 1.54) is 0 Å². The van der Waals surface area contributed by atoms with Crippen molar-refractivity contribution in [1.29, 1.82) is 0 Å². The van der Waals surface area contributed by atoms with E-state index in [1.807, 2.05) is 45.9 Å². The van der Waals surface area contributed by atoms with Crippen LogP contribution in [0.3, 0.4) is 0 Å². The number of carboxylic acid groups (broad SMARTS) is 1. The Hall–Kier alpha value is -2.04. The van der Waals surface area contributed by atoms with Crippen molar-refractivity contribution in [3.05, 3.63) is 29.3 Å². The van der Waals surface area contributed by atoms with Crippen LogP contribution in [0.15, 0.2) is 18.2 Å². The van der Waals surface area contributed by atoms with E-state index in [4.69, 9.17) is 5.11 Å². The normalized spacial score (nSPS) is 12.1. The van der Waals surface area contributed by atoms with Crippen LogP contribution in [0.5, 0.6) is 0 Å². The lowest BCUT2D eigenvalue weighted by atomic mass is 10.0. The number of urea groups is 1. The number of rotatable bonds is 5. The Bertz CT molecular complexity index is 498. The minimum Gasteiger partial charge on any atom is -0.480 e. The van der Waals surface area contributed by atoms with Gasteiger partial charge in [-0.3, -0.25) is 0 Å². The molecule has 2 amide bonds. The van der Waals surface area contributed by atoms with Gasteiger partial charge in [0, 0.05) is 5.69 Å². The van der Waals surface area contributed by atoms with Crippen LogP contribution in [0.4, 0.5) is 10.5 Å². The van der Waals surface area contributed by atoms with Gasteiger partial charge in [0.1, 0.15) is 6.04 Å². The molecule has 0 bridgehead atoms. The van der Waals surface area contributed by atoms with Crippen molar-refractivity contribution in [1.82, 2.24) is 5.32 Å². The molecule has 1 rings (SSSR count). The smallest absolute Gasteiger partial charge is 0.326 e. The Balaban J connectivity index is 2.70. The highest BCUT2D eigenvalue weighted by atomic mass is 16.4. The Morgan fingerprint density at radius 2 is 1.90 bits per heavy atom. The third-order valence-corrected chi connectivity index (χ3v) is 2.95. The molecule has 0 saturated heterocycles. The van der Waals surface area contributed by atoms with Crippen molar-refractivity contribution in [2.45, 2.75) is 40.2 Å². The van der Waals surface area contributed by atoms with Gasteiger partial charge in [-0.1, -0.05) is 26.0 Å². The van der Waals surface area contributed by atoms with Gasteiger partial charge in [-0.2, -0.15) is 0 Å². The number of carbonyl (C=O) groups excluding carboxylic acids is 1. The van der Waals surface area contributed by atoms with E-state index in [2.05, 4.69) is 10.6 Å². The van der Waals surface area contributed by atoms with Gasteiger partial charge in [0.15, 0.2) is 0 Å². The zero-order valence-corrected chi connectivity index (χ0v) is 12.4. The predicted molar refractivity (Wildman–Crippen MR) is 78.9 cm³/mol. The van der Waals surface area contributed by atoms with E-state index in [9.17, 15) is 9.59 Å². The molecule has 0 saturated carbocycles. The number of hydrogen-bond acceptors (Lipinski definition) is 2. The highest BCUT2D eigenvalue weighted by Gasteiger charge is 2.21. The standard InChI is InChI=1S/C15H22N2O3/c1-9(2)7-13(14(18)19)17-15(20)16-12-8-10(3)5-6-11(12)4/h5-6,8-9,13H,7H2,1-4H3,(H,18,19)(H2,16,17,20). The molecule has 3 N–H and O–H groups in total. The van der Waals surface area contributed by atoms with Crippen molar-refractivity contribution in [2.24, 2.45) is 5.92 Å². The second-order valence-corrected chi connectivity index (χ2v) is 5.44. The fourth-order valence-electron chi connectivity index (χ4n) is 1.88. The van der Waals surface area contributed by atoms with Crippen LogP contribution < -0.4 is 10.6 Å². The molecule has 1 atom stereocenters. The summed E-state index contributed by atoms with van der Waals surface area (Å²) in [5, 5.41) is 14.3. The molecule has 0 aromatic heterocycles. The van der Waals surface area contributed by atoms with Crippen LogP contribution in [0.2, 0.25) is 0 Å². The molecule has 5 nitrogen and oxygen atoms in total. The van der Waals surface area contributed by atoms with E-state index >= 15 is 0 Å². The molecule has 0 radical (unpaired) electrons. The van der Waals surface area contributed by atoms with Crippen LogP contribution in [0.1, 0.15) is 31.4 Å². The Morgan fingerprint density at radius 3 is 2.45 bits per heavy atom. The number of benzene rings is 1. The van der Waals surface area contributed by atoms with Crippen LogP contribution in [0.25, 0.3) is 0 Å². The number of amides is 2. The SMILES string of the molecule is Cc1ccc(C)c(NC(=O)NC(CC(C)C)C(=O)O)c1. The first-order chi connectivity index (χ1) is 9.29. The van der Waals surface area contributed by atoms with Crippen molar-refractivity contribution in [2.75, 3.05) is 5.32 Å². The quantitative estimate of drug-likeness (QED) is 0.775. The average molecular weight is 278 g/mol. The maximum atomic E-state index is 11.9. The predicted octanol–water partition coefficient (Wildman–Crippen LogP) is 2.92. The van der Waals surface area contributed by atoms with Crippen LogP contribution in [-0.4, -0.2) is 23.1 Å². The molecule has 0 fully saturated rings. The summed E-state index contributed by atoms with van der Waals surface area (Å²) in [6.07, 6.45) is 0.398. The molecular weight excluding hydrogens is 256 g/mol. The molecule has 110 valence electrons. The molecular formula is C15H22N2O3. The molecule has 0 spiro atoms. The highest BCUT2D eigenvalue weighted by molar-refractivity contribution is 5.92. The maximum absolute atomic E-state index is 11.9. The summed E-state index contributed by atoms with van der Waals surface area (Å²) in [4.78, 5) is 23.0. The van der Waals surface area contributed by atoms with Crippen molar-refractivity contribution in [3.63, 3.8) is 0 Å². The third-order valence-electron chi connectivity index (χ3n) is 2.95. The average Bonchev–Trinajstić information content (AvgIpc) is 2.32. The Labute approximate surface area is 119 Å². The van der Waals surface area contributed by atoms with E-state index in [1.54, 1.807) is 0 Å². The van der Waals surface area contributed by atoms with Gasteiger partial charge in [0.25, 0.3) is 0 Å². The zero-order chi connectivity index (χ0) is 15.3. The van der Waals surface area contributed by atoms with Gasteiger partial charge in [-0.05, 0) is 43.4 Å². The minimum atomic E-state index is -1.02. The van der Waals surface area contributed by atoms with Crippen molar-refractivity contribution < 1.29 is 14.7 Å². The molecule has 20 heavy (non-hydrogen) atoms. The van der Waals surface area contributed by atoms with Crippen molar-refractivity contribution in [3.8, 4) is 0 Å². The molecule has 1 unspecified atom stereocenters. The van der Waals surface area contributed by atoms with Crippen LogP contribution >= 0.6 is 0 Å². The van der Waals surface area contributed by atoms with Gasteiger partial charge < -0.3 is 15.7 Å². The Kier molecular flexibility index (Phi) is 5.55. The lowest BCUT2D eigenvalue weighted by Gasteiger charge is -2.17. The fraction of sp³-hybridized carbons (Fsp3) is 0.467. The van der Waals surface area contributed by atoms with Gasteiger partial charge in [-0.25, -0.2) is 9.59 Å². The first-order valence-corrected chi connectivity index (χ1v) is 6.67. The molecule has 0 aliphatic rings. The lowest BCUT2D eigenvalue weighted by Crippen LogP contribution is -2.43. The number of carbonyl (C=O) groups is 2. The summed E-state index contributed by atoms with van der Waals surface area (Å²) in [6, 6.07) is 4.35. The highest BCUT2D eigenvalue weighted by Crippen LogP contribution is 2.16. The van der Waals surface area contributed by atoms with Gasteiger partial charge in [0.2, 0.25) is 0 Å². The van der Waals surface area contributed by atoms with E-state index in [0.29, 0.717) is 12.1 Å². The number of anilines is 1. The second-order valence-electron chi connectivity index (χ2n) is 5.44. The third kappa shape index (κ3) is 4.91. The summed E-state index contributed by atoms with van der Waals surface area (Å²) in [5.74, 6) is -0.827. The monoisotopic (exact) mass is 278 g/mol. The van der Waals surface area contributed by atoms with Crippen LogP contribution in [0, 0.1) is 19.8 Å². The Morgan fingerprint density at radius 1 is 1.25 bits per heavy atom.